The van der Waals surface area contributed by atoms with Gasteiger partial charge < -0.3 is 4.74 Å². The number of nitrogens with zero attached hydrogens (tertiary/aromatic N) is 1. The summed E-state index contributed by atoms with van der Waals surface area (Å²) in [6.45, 7) is 0.525. The second kappa shape index (κ2) is 3.98. The van der Waals surface area contributed by atoms with E-state index in [4.69, 9.17) is 10.00 Å². The van der Waals surface area contributed by atoms with Gasteiger partial charge in [0.15, 0.2) is 0 Å². The van der Waals surface area contributed by atoms with E-state index in [9.17, 15) is 0 Å². The van der Waals surface area contributed by atoms with Crippen LogP contribution < -0.4 is 4.74 Å². The molecule has 1 heterocycles. The Bertz CT molecular complexity index is 212. The molecular formula is C7H8NOP. The second-order valence-electron chi connectivity index (χ2n) is 1.79. The highest BCUT2D eigenvalue weighted by Crippen LogP contribution is 2.23. The molecule has 1 unspecified atom stereocenters. The molecule has 0 radical (unpaired) electrons. The van der Waals surface area contributed by atoms with Crippen molar-refractivity contribution in [3.63, 3.8) is 0 Å². The van der Waals surface area contributed by atoms with Gasteiger partial charge in [-0.05, 0) is 11.9 Å². The Kier molecular flexibility index (Phi) is 2.86. The van der Waals surface area contributed by atoms with E-state index in [2.05, 4.69) is 5.80 Å². The summed E-state index contributed by atoms with van der Waals surface area (Å²) in [6.07, 6.45) is 0.474. The minimum Gasteiger partial charge on any atom is -0.489 e. The Labute approximate surface area is 61.5 Å². The molecule has 0 fully saturated rings. The number of hydrogen-bond donors (Lipinski definition) is 0. The summed E-state index contributed by atoms with van der Waals surface area (Å²) in [7, 11) is 0.660. The molecular weight excluding hydrogens is 145 g/mol. The third-order valence-corrected chi connectivity index (χ3v) is 2.00. The van der Waals surface area contributed by atoms with Crippen LogP contribution >= 0.6 is 8.19 Å². The molecule has 1 aromatic heterocycles. The Hall–Kier alpha value is -0.930. The minimum atomic E-state index is 0.474. The molecule has 10 heavy (non-hydrogen) atoms. The SMILES string of the molecule is N#CCCOc1ccc[pH]1. The summed E-state index contributed by atoms with van der Waals surface area (Å²) >= 11 is 0. The molecule has 0 spiro atoms. The lowest BCUT2D eigenvalue weighted by Gasteiger charge is -1.97. The average Bonchev–Trinajstić information content (AvgIpc) is 2.41. The first-order valence-electron chi connectivity index (χ1n) is 3.06. The summed E-state index contributed by atoms with van der Waals surface area (Å²) in [5, 5.41) is 8.18. The van der Waals surface area contributed by atoms with Gasteiger partial charge in [-0.25, -0.2) is 0 Å². The Morgan fingerprint density at radius 1 is 1.70 bits per heavy atom. The third-order valence-electron chi connectivity index (χ3n) is 1.04. The van der Waals surface area contributed by atoms with Crippen LogP contribution in [0.3, 0.4) is 0 Å². The molecule has 0 aliphatic rings. The van der Waals surface area contributed by atoms with Crippen LogP contribution in [-0.2, 0) is 0 Å². The van der Waals surface area contributed by atoms with E-state index in [0.717, 1.165) is 5.48 Å². The number of rotatable bonds is 3. The Morgan fingerprint density at radius 2 is 2.60 bits per heavy atom. The topological polar surface area (TPSA) is 33.0 Å². The highest BCUT2D eigenvalue weighted by atomic mass is 31.0. The predicted molar refractivity (Wildman–Crippen MR) is 41.7 cm³/mol. The Balaban J connectivity index is 2.23. The van der Waals surface area contributed by atoms with Crippen molar-refractivity contribution < 1.29 is 4.74 Å². The molecule has 3 heteroatoms. The van der Waals surface area contributed by atoms with Crippen LogP contribution in [0.2, 0.25) is 0 Å². The van der Waals surface area contributed by atoms with E-state index in [1.165, 1.54) is 0 Å². The van der Waals surface area contributed by atoms with Crippen LogP contribution in [-0.4, -0.2) is 6.61 Å². The summed E-state index contributed by atoms with van der Waals surface area (Å²) in [4.78, 5) is 0. The van der Waals surface area contributed by atoms with Crippen molar-refractivity contribution in [1.82, 2.24) is 0 Å². The fourth-order valence-corrected chi connectivity index (χ4v) is 1.34. The average molecular weight is 153 g/mol. The van der Waals surface area contributed by atoms with Gasteiger partial charge in [-0.2, -0.15) is 5.26 Å². The fraction of sp³-hybridized carbons (Fsp3) is 0.286. The summed E-state index contributed by atoms with van der Waals surface area (Å²) < 4.78 is 5.23. The van der Waals surface area contributed by atoms with Crippen molar-refractivity contribution in [3.05, 3.63) is 17.9 Å². The van der Waals surface area contributed by atoms with Crippen molar-refractivity contribution in [2.75, 3.05) is 6.61 Å². The van der Waals surface area contributed by atoms with E-state index < -0.39 is 0 Å². The molecule has 0 aromatic carbocycles. The maximum absolute atomic E-state index is 8.18. The summed E-state index contributed by atoms with van der Waals surface area (Å²) in [5.41, 5.74) is 0.996. The zero-order valence-corrected chi connectivity index (χ0v) is 6.50. The van der Waals surface area contributed by atoms with Gasteiger partial charge in [0.05, 0.1) is 12.5 Å². The van der Waals surface area contributed by atoms with Crippen molar-refractivity contribution in [1.29, 1.82) is 5.26 Å². The number of nitriles is 1. The van der Waals surface area contributed by atoms with E-state index in [1.807, 2.05) is 18.2 Å². The van der Waals surface area contributed by atoms with E-state index >= 15 is 0 Å². The summed E-state index contributed by atoms with van der Waals surface area (Å²) in [5.74, 6) is 2.06. The quantitative estimate of drug-likeness (QED) is 0.622. The van der Waals surface area contributed by atoms with Crippen molar-refractivity contribution in [2.45, 2.75) is 6.42 Å². The van der Waals surface area contributed by atoms with Crippen LogP contribution in [0.5, 0.6) is 5.48 Å². The smallest absolute Gasteiger partial charge is 0.134 e. The first-order chi connectivity index (χ1) is 4.93. The molecule has 0 amide bonds. The van der Waals surface area contributed by atoms with Gasteiger partial charge >= 0.3 is 0 Å². The first-order valence-corrected chi connectivity index (χ1v) is 4.14. The molecule has 1 aromatic rings. The van der Waals surface area contributed by atoms with Crippen LogP contribution in [0.25, 0.3) is 0 Å². The van der Waals surface area contributed by atoms with Gasteiger partial charge in [0, 0.05) is 0 Å². The highest BCUT2D eigenvalue weighted by Gasteiger charge is 1.89. The lowest BCUT2D eigenvalue weighted by Crippen LogP contribution is -1.92. The number of ether oxygens (including phenoxy) is 1. The van der Waals surface area contributed by atoms with Gasteiger partial charge in [0.2, 0.25) is 0 Å². The van der Waals surface area contributed by atoms with Crippen molar-refractivity contribution in [2.24, 2.45) is 0 Å². The molecule has 0 aliphatic heterocycles. The van der Waals surface area contributed by atoms with E-state index in [1.54, 1.807) is 0 Å². The molecule has 0 aliphatic carbocycles. The molecule has 1 rings (SSSR count). The molecule has 0 N–H and O–H groups in total. The van der Waals surface area contributed by atoms with Gasteiger partial charge in [0.25, 0.3) is 0 Å². The lowest BCUT2D eigenvalue weighted by molar-refractivity contribution is 0.336. The maximum atomic E-state index is 8.18. The van der Waals surface area contributed by atoms with Crippen molar-refractivity contribution >= 4 is 8.19 Å². The standard InChI is InChI=1S/C7H8NOP/c8-4-2-5-9-7-3-1-6-10-7/h1,3,6,10H,2,5H2. The predicted octanol–water partition coefficient (Wildman–Crippen LogP) is 2.01. The van der Waals surface area contributed by atoms with E-state index in [0.29, 0.717) is 21.2 Å². The largest absolute Gasteiger partial charge is 0.489 e. The van der Waals surface area contributed by atoms with Gasteiger partial charge in [-0.1, -0.05) is 14.3 Å². The third kappa shape index (κ3) is 2.13. The fourth-order valence-electron chi connectivity index (χ4n) is 0.610. The van der Waals surface area contributed by atoms with Gasteiger partial charge in [0.1, 0.15) is 12.1 Å². The van der Waals surface area contributed by atoms with Crippen LogP contribution in [0, 0.1) is 11.3 Å². The van der Waals surface area contributed by atoms with Gasteiger partial charge in [-0.3, -0.25) is 0 Å². The molecule has 52 valence electrons. The lowest BCUT2D eigenvalue weighted by atomic mass is 10.5. The zero-order valence-electron chi connectivity index (χ0n) is 5.50. The minimum absolute atomic E-state index is 0.474. The molecule has 0 saturated heterocycles. The Morgan fingerprint density at radius 3 is 3.20 bits per heavy atom. The van der Waals surface area contributed by atoms with Crippen molar-refractivity contribution in [3.8, 4) is 11.6 Å². The monoisotopic (exact) mass is 153 g/mol. The maximum Gasteiger partial charge on any atom is 0.134 e. The van der Waals surface area contributed by atoms with E-state index in [-0.39, 0.29) is 0 Å². The second-order valence-corrected chi connectivity index (χ2v) is 2.91. The van der Waals surface area contributed by atoms with Crippen LogP contribution in [0.15, 0.2) is 17.9 Å². The molecule has 0 saturated carbocycles. The number of hydrogen-bond acceptors (Lipinski definition) is 2. The highest BCUT2D eigenvalue weighted by molar-refractivity contribution is 7.31. The van der Waals surface area contributed by atoms with Crippen LogP contribution in [0.1, 0.15) is 6.42 Å². The zero-order chi connectivity index (χ0) is 7.23. The van der Waals surface area contributed by atoms with Gasteiger partial charge in [-0.15, -0.1) is 0 Å². The first kappa shape index (κ1) is 7.18. The summed E-state index contributed by atoms with van der Waals surface area (Å²) in [6, 6.07) is 5.93. The molecule has 0 bridgehead atoms. The molecule has 1 atom stereocenters. The van der Waals surface area contributed by atoms with Crippen LogP contribution in [0.4, 0.5) is 0 Å². The molecule has 2 nitrogen and oxygen atoms in total. The normalized spacial score (nSPS) is 9.50.